The van der Waals surface area contributed by atoms with Crippen molar-refractivity contribution in [1.82, 2.24) is 0 Å². The van der Waals surface area contributed by atoms with Crippen molar-refractivity contribution >= 4 is 22.0 Å². The molecule has 0 aliphatic carbocycles. The fourth-order valence-corrected chi connectivity index (χ4v) is 2.17. The van der Waals surface area contributed by atoms with E-state index in [0.717, 1.165) is 10.9 Å². The Labute approximate surface area is 94.1 Å². The lowest BCUT2D eigenvalue weighted by Gasteiger charge is -2.06. The van der Waals surface area contributed by atoms with Gasteiger partial charge in [0.25, 0.3) is 0 Å². The first-order valence-corrected chi connectivity index (χ1v) is 5.58. The normalized spacial score (nSPS) is 11.1. The molecule has 0 amide bonds. The summed E-state index contributed by atoms with van der Waals surface area (Å²) in [6.45, 7) is 4.96. The number of halogens is 1. The van der Waals surface area contributed by atoms with Gasteiger partial charge in [0.05, 0.1) is 0 Å². The number of aryl methyl sites for hydroxylation is 2. The van der Waals surface area contributed by atoms with Crippen LogP contribution in [0.2, 0.25) is 0 Å². The van der Waals surface area contributed by atoms with Crippen LogP contribution in [0.25, 0.3) is 6.08 Å². The molecule has 0 aromatic heterocycles. The molecule has 0 unspecified atom stereocenters. The zero-order valence-corrected chi connectivity index (χ0v) is 10.3. The maximum absolute atomic E-state index is 5.43. The van der Waals surface area contributed by atoms with Crippen molar-refractivity contribution < 1.29 is 0 Å². The molecule has 0 aliphatic rings. The van der Waals surface area contributed by atoms with E-state index < -0.39 is 0 Å². The van der Waals surface area contributed by atoms with Crippen molar-refractivity contribution in [2.45, 2.75) is 20.3 Å². The van der Waals surface area contributed by atoms with Gasteiger partial charge in [0.1, 0.15) is 0 Å². The molecule has 14 heavy (non-hydrogen) atoms. The molecule has 2 N–H and O–H groups in total. The molecular formula is C12H16BrN. The van der Waals surface area contributed by atoms with Gasteiger partial charge in [0, 0.05) is 4.47 Å². The smallest absolute Gasteiger partial charge is 0.0180 e. The lowest BCUT2D eigenvalue weighted by Crippen LogP contribution is -1.95. The predicted octanol–water partition coefficient (Wildman–Crippen LogP) is 3.43. The summed E-state index contributed by atoms with van der Waals surface area (Å²) >= 11 is 3.48. The molecule has 1 aromatic rings. The van der Waals surface area contributed by atoms with Crippen molar-refractivity contribution in [3.05, 3.63) is 39.4 Å². The van der Waals surface area contributed by atoms with E-state index in [2.05, 4.69) is 54.1 Å². The van der Waals surface area contributed by atoms with Gasteiger partial charge < -0.3 is 5.73 Å². The molecule has 2 heteroatoms. The summed E-state index contributed by atoms with van der Waals surface area (Å²) in [5, 5.41) is 0. The van der Waals surface area contributed by atoms with Crippen molar-refractivity contribution in [3.63, 3.8) is 0 Å². The first kappa shape index (κ1) is 11.5. The second-order valence-electron chi connectivity index (χ2n) is 3.43. The third kappa shape index (κ3) is 2.96. The standard InChI is InChI=1S/C12H16BrN/c1-9-7-11(13)8-10(2)12(9)5-3-4-6-14/h3,5,7-8H,4,6,14H2,1-2H3. The summed E-state index contributed by atoms with van der Waals surface area (Å²) in [4.78, 5) is 0. The molecule has 0 fully saturated rings. The second kappa shape index (κ2) is 5.32. The predicted molar refractivity (Wildman–Crippen MR) is 66.3 cm³/mol. The average molecular weight is 254 g/mol. The van der Waals surface area contributed by atoms with Gasteiger partial charge in [-0.05, 0) is 55.6 Å². The van der Waals surface area contributed by atoms with Crippen LogP contribution < -0.4 is 5.73 Å². The van der Waals surface area contributed by atoms with Crippen molar-refractivity contribution in [2.75, 3.05) is 6.54 Å². The molecule has 0 atom stereocenters. The summed E-state index contributed by atoms with van der Waals surface area (Å²) < 4.78 is 1.14. The van der Waals surface area contributed by atoms with E-state index in [1.54, 1.807) is 0 Å². The summed E-state index contributed by atoms with van der Waals surface area (Å²) in [6, 6.07) is 4.27. The molecule has 0 spiro atoms. The van der Waals surface area contributed by atoms with E-state index in [-0.39, 0.29) is 0 Å². The number of nitrogens with two attached hydrogens (primary N) is 1. The van der Waals surface area contributed by atoms with Gasteiger partial charge in [0.2, 0.25) is 0 Å². The van der Waals surface area contributed by atoms with Crippen molar-refractivity contribution in [2.24, 2.45) is 5.73 Å². The lowest BCUT2D eigenvalue weighted by atomic mass is 10.0. The van der Waals surface area contributed by atoms with Crippen LogP contribution in [-0.4, -0.2) is 6.54 Å². The van der Waals surface area contributed by atoms with Gasteiger partial charge in [-0.3, -0.25) is 0 Å². The Balaban J connectivity index is 2.96. The first-order chi connectivity index (χ1) is 6.65. The first-order valence-electron chi connectivity index (χ1n) is 4.78. The third-order valence-corrected chi connectivity index (χ3v) is 2.63. The van der Waals surface area contributed by atoms with E-state index in [4.69, 9.17) is 5.73 Å². The van der Waals surface area contributed by atoms with Crippen LogP contribution in [0.4, 0.5) is 0 Å². The third-order valence-electron chi connectivity index (χ3n) is 2.18. The molecule has 1 nitrogen and oxygen atoms in total. The SMILES string of the molecule is Cc1cc(Br)cc(C)c1C=CCCN. The summed E-state index contributed by atoms with van der Waals surface area (Å²) in [7, 11) is 0. The van der Waals surface area contributed by atoms with E-state index >= 15 is 0 Å². The minimum Gasteiger partial charge on any atom is -0.330 e. The Kier molecular flexibility index (Phi) is 4.36. The van der Waals surface area contributed by atoms with Crippen LogP contribution in [-0.2, 0) is 0 Å². The highest BCUT2D eigenvalue weighted by Crippen LogP contribution is 2.21. The summed E-state index contributed by atoms with van der Waals surface area (Å²) in [6.07, 6.45) is 5.22. The molecule has 0 radical (unpaired) electrons. The Morgan fingerprint density at radius 1 is 1.29 bits per heavy atom. The number of benzene rings is 1. The number of hydrogen-bond acceptors (Lipinski definition) is 1. The average Bonchev–Trinajstić information content (AvgIpc) is 2.09. The molecule has 0 aliphatic heterocycles. The van der Waals surface area contributed by atoms with Crippen molar-refractivity contribution in [1.29, 1.82) is 0 Å². The highest BCUT2D eigenvalue weighted by Gasteiger charge is 1.99. The summed E-state index contributed by atoms with van der Waals surface area (Å²) in [5.74, 6) is 0. The quantitative estimate of drug-likeness (QED) is 0.878. The lowest BCUT2D eigenvalue weighted by molar-refractivity contribution is 1.01. The zero-order chi connectivity index (χ0) is 10.6. The summed E-state index contributed by atoms with van der Waals surface area (Å²) in [5.41, 5.74) is 9.33. The maximum Gasteiger partial charge on any atom is 0.0180 e. The molecule has 0 saturated carbocycles. The van der Waals surface area contributed by atoms with Crippen LogP contribution >= 0.6 is 15.9 Å². The minimum absolute atomic E-state index is 0.713. The van der Waals surface area contributed by atoms with E-state index in [0.29, 0.717) is 6.54 Å². The highest BCUT2D eigenvalue weighted by atomic mass is 79.9. The zero-order valence-electron chi connectivity index (χ0n) is 8.68. The largest absolute Gasteiger partial charge is 0.330 e. The van der Waals surface area contributed by atoms with Gasteiger partial charge in [-0.15, -0.1) is 0 Å². The van der Waals surface area contributed by atoms with E-state index in [1.807, 2.05) is 0 Å². The van der Waals surface area contributed by atoms with Gasteiger partial charge in [-0.1, -0.05) is 28.1 Å². The van der Waals surface area contributed by atoms with E-state index in [9.17, 15) is 0 Å². The Morgan fingerprint density at radius 2 is 1.86 bits per heavy atom. The number of rotatable bonds is 3. The Morgan fingerprint density at radius 3 is 2.36 bits per heavy atom. The molecule has 0 saturated heterocycles. The fourth-order valence-electron chi connectivity index (χ4n) is 1.48. The van der Waals surface area contributed by atoms with Crippen LogP contribution in [0.1, 0.15) is 23.1 Å². The highest BCUT2D eigenvalue weighted by molar-refractivity contribution is 9.10. The molecule has 1 aromatic carbocycles. The van der Waals surface area contributed by atoms with Crippen LogP contribution in [0.5, 0.6) is 0 Å². The molecule has 76 valence electrons. The Hall–Kier alpha value is -0.600. The van der Waals surface area contributed by atoms with Gasteiger partial charge >= 0.3 is 0 Å². The van der Waals surface area contributed by atoms with Crippen molar-refractivity contribution in [3.8, 4) is 0 Å². The molecule has 1 rings (SSSR count). The molecular weight excluding hydrogens is 238 g/mol. The van der Waals surface area contributed by atoms with Crippen LogP contribution in [0, 0.1) is 13.8 Å². The van der Waals surface area contributed by atoms with E-state index in [1.165, 1.54) is 16.7 Å². The minimum atomic E-state index is 0.713. The maximum atomic E-state index is 5.43. The van der Waals surface area contributed by atoms with Gasteiger partial charge in [-0.2, -0.15) is 0 Å². The Bertz CT molecular complexity index is 319. The topological polar surface area (TPSA) is 26.0 Å². The molecule has 0 bridgehead atoms. The van der Waals surface area contributed by atoms with Crippen LogP contribution in [0.3, 0.4) is 0 Å². The van der Waals surface area contributed by atoms with Crippen LogP contribution in [0.15, 0.2) is 22.7 Å². The van der Waals surface area contributed by atoms with Gasteiger partial charge in [0.15, 0.2) is 0 Å². The second-order valence-corrected chi connectivity index (χ2v) is 4.35. The fraction of sp³-hybridized carbons (Fsp3) is 0.333. The van der Waals surface area contributed by atoms with Gasteiger partial charge in [-0.25, -0.2) is 0 Å². The monoisotopic (exact) mass is 253 g/mol. The molecule has 0 heterocycles. The number of hydrogen-bond donors (Lipinski definition) is 1.